The van der Waals surface area contributed by atoms with Gasteiger partial charge in [-0.05, 0) is 17.7 Å². The van der Waals surface area contributed by atoms with Crippen molar-refractivity contribution in [1.82, 2.24) is 4.90 Å². The molecule has 1 saturated heterocycles. The van der Waals surface area contributed by atoms with Crippen molar-refractivity contribution in [2.45, 2.75) is 12.0 Å². The largest absolute Gasteiger partial charge is 0.383 e. The lowest BCUT2D eigenvalue weighted by Crippen LogP contribution is -2.30. The van der Waals surface area contributed by atoms with Crippen molar-refractivity contribution < 1.29 is 9.13 Å². The average molecular weight is 263 g/mol. The van der Waals surface area contributed by atoms with E-state index in [1.165, 1.54) is 6.07 Å². The predicted octanol–water partition coefficient (Wildman–Crippen LogP) is 1.07. The van der Waals surface area contributed by atoms with Crippen LogP contribution in [-0.2, 0) is 4.74 Å². The second-order valence-corrected chi connectivity index (χ2v) is 4.87. The van der Waals surface area contributed by atoms with Crippen molar-refractivity contribution in [1.29, 1.82) is 5.26 Å². The first-order valence-electron chi connectivity index (χ1n) is 6.32. The first-order valence-corrected chi connectivity index (χ1v) is 6.32. The standard InChI is InChI=1S/C14H18FN3O/c1-19-5-4-18-8-12(14(17)9-18)10-2-3-13(15)11(6-10)7-16/h2-3,6,12,14H,4-5,8-9,17H2,1H3/t12?,14-/m1/s1. The second-order valence-electron chi connectivity index (χ2n) is 4.87. The lowest BCUT2D eigenvalue weighted by molar-refractivity contribution is 0.160. The van der Waals surface area contributed by atoms with Crippen LogP contribution < -0.4 is 5.73 Å². The van der Waals surface area contributed by atoms with E-state index in [0.717, 1.165) is 25.2 Å². The smallest absolute Gasteiger partial charge is 0.140 e. The highest BCUT2D eigenvalue weighted by atomic mass is 19.1. The number of methoxy groups -OCH3 is 1. The van der Waals surface area contributed by atoms with Crippen LogP contribution in [0.25, 0.3) is 0 Å². The molecule has 0 amide bonds. The summed E-state index contributed by atoms with van der Waals surface area (Å²) in [5.41, 5.74) is 7.16. The minimum Gasteiger partial charge on any atom is -0.383 e. The van der Waals surface area contributed by atoms with E-state index in [1.54, 1.807) is 19.2 Å². The normalized spacial score (nSPS) is 23.5. The average Bonchev–Trinajstić information content (AvgIpc) is 2.78. The van der Waals surface area contributed by atoms with E-state index in [1.807, 2.05) is 6.07 Å². The van der Waals surface area contributed by atoms with Crippen LogP contribution in [0.4, 0.5) is 4.39 Å². The zero-order chi connectivity index (χ0) is 13.8. The van der Waals surface area contributed by atoms with Crippen LogP contribution >= 0.6 is 0 Å². The van der Waals surface area contributed by atoms with Gasteiger partial charge in [-0.25, -0.2) is 4.39 Å². The molecule has 0 radical (unpaired) electrons. The first kappa shape index (κ1) is 13.9. The van der Waals surface area contributed by atoms with Crippen molar-refractivity contribution in [2.75, 3.05) is 33.4 Å². The Morgan fingerprint density at radius 1 is 1.53 bits per heavy atom. The Labute approximate surface area is 112 Å². The molecule has 0 aliphatic carbocycles. The molecule has 1 heterocycles. The first-order chi connectivity index (χ1) is 9.15. The summed E-state index contributed by atoms with van der Waals surface area (Å²) < 4.78 is 18.4. The fourth-order valence-corrected chi connectivity index (χ4v) is 2.53. The Morgan fingerprint density at radius 3 is 3.00 bits per heavy atom. The molecule has 2 rings (SSSR count). The summed E-state index contributed by atoms with van der Waals surface area (Å²) >= 11 is 0. The molecule has 1 aromatic rings. The van der Waals surface area contributed by atoms with Crippen molar-refractivity contribution >= 4 is 0 Å². The number of nitrogens with zero attached hydrogens (tertiary/aromatic N) is 2. The molecule has 4 nitrogen and oxygen atoms in total. The van der Waals surface area contributed by atoms with E-state index in [2.05, 4.69) is 4.90 Å². The van der Waals surface area contributed by atoms with Crippen molar-refractivity contribution in [3.05, 3.63) is 35.1 Å². The number of hydrogen-bond acceptors (Lipinski definition) is 4. The van der Waals surface area contributed by atoms with Crippen LogP contribution in [0.15, 0.2) is 18.2 Å². The molecule has 1 aliphatic heterocycles. The minimum absolute atomic E-state index is 0.00820. The van der Waals surface area contributed by atoms with Crippen LogP contribution in [0.2, 0.25) is 0 Å². The Balaban J connectivity index is 2.12. The summed E-state index contributed by atoms with van der Waals surface area (Å²) in [5.74, 6) is -0.335. The molecule has 1 unspecified atom stereocenters. The van der Waals surface area contributed by atoms with Gasteiger partial charge in [-0.15, -0.1) is 0 Å². The molecule has 5 heteroatoms. The Morgan fingerprint density at radius 2 is 2.32 bits per heavy atom. The molecule has 1 aromatic carbocycles. The number of nitriles is 1. The highest BCUT2D eigenvalue weighted by Gasteiger charge is 2.31. The fraction of sp³-hybridized carbons (Fsp3) is 0.500. The van der Waals surface area contributed by atoms with Crippen LogP contribution in [-0.4, -0.2) is 44.3 Å². The van der Waals surface area contributed by atoms with Crippen molar-refractivity contribution in [3.63, 3.8) is 0 Å². The number of benzene rings is 1. The molecule has 1 fully saturated rings. The summed E-state index contributed by atoms with van der Waals surface area (Å²) in [7, 11) is 1.67. The number of hydrogen-bond donors (Lipinski definition) is 1. The molecule has 2 N–H and O–H groups in total. The zero-order valence-electron chi connectivity index (χ0n) is 11.0. The van der Waals surface area contributed by atoms with Crippen molar-refractivity contribution in [2.24, 2.45) is 5.73 Å². The summed E-state index contributed by atoms with van der Waals surface area (Å²) in [5, 5.41) is 8.87. The third-order valence-corrected chi connectivity index (χ3v) is 3.59. The third kappa shape index (κ3) is 3.10. The number of nitrogens with two attached hydrogens (primary N) is 1. The Kier molecular flexibility index (Phi) is 4.48. The van der Waals surface area contributed by atoms with Gasteiger partial charge in [0.05, 0.1) is 12.2 Å². The SMILES string of the molecule is COCCN1CC(c2ccc(F)c(C#N)c2)[C@H](N)C1. The van der Waals surface area contributed by atoms with Gasteiger partial charge < -0.3 is 10.5 Å². The maximum atomic E-state index is 13.3. The van der Waals surface area contributed by atoms with E-state index >= 15 is 0 Å². The number of rotatable bonds is 4. The van der Waals surface area contributed by atoms with Crippen molar-refractivity contribution in [3.8, 4) is 6.07 Å². The number of ether oxygens (including phenoxy) is 1. The molecule has 1 aliphatic rings. The maximum absolute atomic E-state index is 13.3. The summed E-state index contributed by atoms with van der Waals surface area (Å²) in [6, 6.07) is 6.56. The molecule has 2 atom stereocenters. The number of likely N-dealkylation sites (tertiary alicyclic amines) is 1. The van der Waals surface area contributed by atoms with Gasteiger partial charge in [0.15, 0.2) is 0 Å². The second kappa shape index (κ2) is 6.11. The maximum Gasteiger partial charge on any atom is 0.140 e. The highest BCUT2D eigenvalue weighted by molar-refractivity contribution is 5.37. The van der Waals surface area contributed by atoms with Gasteiger partial charge in [0.1, 0.15) is 11.9 Å². The van der Waals surface area contributed by atoms with Crippen LogP contribution in [0, 0.1) is 17.1 Å². The number of halogens is 1. The van der Waals surface area contributed by atoms with Gasteiger partial charge in [-0.2, -0.15) is 5.26 Å². The van der Waals surface area contributed by atoms with Gasteiger partial charge in [0, 0.05) is 38.7 Å². The molecule has 102 valence electrons. The molecule has 0 saturated carbocycles. The quantitative estimate of drug-likeness (QED) is 0.882. The van der Waals surface area contributed by atoms with E-state index in [0.29, 0.717) is 6.61 Å². The van der Waals surface area contributed by atoms with Gasteiger partial charge >= 0.3 is 0 Å². The third-order valence-electron chi connectivity index (χ3n) is 3.59. The van der Waals surface area contributed by atoms with E-state index in [-0.39, 0.29) is 17.5 Å². The topological polar surface area (TPSA) is 62.3 Å². The Hall–Kier alpha value is -1.48. The monoisotopic (exact) mass is 263 g/mol. The molecule has 0 aromatic heterocycles. The van der Waals surface area contributed by atoms with Crippen LogP contribution in [0.3, 0.4) is 0 Å². The fourth-order valence-electron chi connectivity index (χ4n) is 2.53. The van der Waals surface area contributed by atoms with Crippen LogP contribution in [0.1, 0.15) is 17.0 Å². The molecule has 0 bridgehead atoms. The predicted molar refractivity (Wildman–Crippen MR) is 70.1 cm³/mol. The molecule has 0 spiro atoms. The molecule has 19 heavy (non-hydrogen) atoms. The molecular formula is C14H18FN3O. The van der Waals surface area contributed by atoms with Gasteiger partial charge in [0.2, 0.25) is 0 Å². The highest BCUT2D eigenvalue weighted by Crippen LogP contribution is 2.27. The zero-order valence-corrected chi connectivity index (χ0v) is 11.0. The lowest BCUT2D eigenvalue weighted by Gasteiger charge is -2.16. The van der Waals surface area contributed by atoms with Gasteiger partial charge in [0.25, 0.3) is 0 Å². The Bertz CT molecular complexity index is 486. The molecular weight excluding hydrogens is 245 g/mol. The van der Waals surface area contributed by atoms with E-state index in [9.17, 15) is 4.39 Å². The summed E-state index contributed by atoms with van der Waals surface area (Å²) in [4.78, 5) is 2.23. The summed E-state index contributed by atoms with van der Waals surface area (Å²) in [6.45, 7) is 3.13. The lowest BCUT2D eigenvalue weighted by atomic mass is 9.93. The van der Waals surface area contributed by atoms with Gasteiger partial charge in [-0.3, -0.25) is 4.90 Å². The minimum atomic E-state index is -0.478. The van der Waals surface area contributed by atoms with Crippen LogP contribution in [0.5, 0.6) is 0 Å². The van der Waals surface area contributed by atoms with E-state index < -0.39 is 5.82 Å². The van der Waals surface area contributed by atoms with E-state index in [4.69, 9.17) is 15.7 Å². The van der Waals surface area contributed by atoms with Gasteiger partial charge in [-0.1, -0.05) is 6.07 Å². The summed E-state index contributed by atoms with van der Waals surface area (Å²) in [6.07, 6.45) is 0.